The highest BCUT2D eigenvalue weighted by molar-refractivity contribution is 14.0. The summed E-state index contributed by atoms with van der Waals surface area (Å²) in [7, 11) is 1.81. The Balaban J connectivity index is 0.00000312. The minimum absolute atomic E-state index is 0. The van der Waals surface area contributed by atoms with Gasteiger partial charge in [-0.2, -0.15) is 0 Å². The molecule has 2 rings (SSSR count). The van der Waals surface area contributed by atoms with Crippen molar-refractivity contribution in [2.24, 2.45) is 10.9 Å². The first-order valence-electron chi connectivity index (χ1n) is 9.52. The zero-order valence-corrected chi connectivity index (χ0v) is 18.6. The third kappa shape index (κ3) is 6.92. The van der Waals surface area contributed by atoms with Gasteiger partial charge in [0.2, 0.25) is 5.91 Å². The molecule has 146 valence electrons. The Labute approximate surface area is 170 Å². The summed E-state index contributed by atoms with van der Waals surface area (Å²) in [5.41, 5.74) is 0. The zero-order valence-electron chi connectivity index (χ0n) is 16.3. The Bertz CT molecular complexity index is 445. The smallest absolute Gasteiger partial charge is 0.222 e. The van der Waals surface area contributed by atoms with Crippen molar-refractivity contribution in [3.63, 3.8) is 0 Å². The van der Waals surface area contributed by atoms with Crippen LogP contribution in [0.25, 0.3) is 0 Å². The number of likely N-dealkylation sites (tertiary alicyclic amines) is 2. The fraction of sp³-hybridized carbons (Fsp3) is 0.889. The Kier molecular flexibility index (Phi) is 10.1. The fourth-order valence-electron chi connectivity index (χ4n) is 3.72. The summed E-state index contributed by atoms with van der Waals surface area (Å²) in [6.07, 6.45) is 4.24. The molecular weight excluding hydrogens is 429 g/mol. The van der Waals surface area contributed by atoms with E-state index in [2.05, 4.69) is 34.4 Å². The maximum absolute atomic E-state index is 11.8. The van der Waals surface area contributed by atoms with Crippen LogP contribution in [0, 0.1) is 5.92 Å². The molecule has 0 spiro atoms. The largest absolute Gasteiger partial charge is 0.355 e. The number of nitrogens with zero attached hydrogens (tertiary/aromatic N) is 3. The highest BCUT2D eigenvalue weighted by Gasteiger charge is 2.26. The van der Waals surface area contributed by atoms with Crippen LogP contribution < -0.4 is 10.6 Å². The van der Waals surface area contributed by atoms with E-state index in [0.29, 0.717) is 18.5 Å². The summed E-state index contributed by atoms with van der Waals surface area (Å²) in [4.78, 5) is 20.6. The first kappa shape index (κ1) is 22.5. The summed E-state index contributed by atoms with van der Waals surface area (Å²) in [6, 6.07) is 0.810. The number of carbonyl (C=O) groups is 1. The van der Waals surface area contributed by atoms with Crippen LogP contribution in [0.15, 0.2) is 4.99 Å². The predicted molar refractivity (Wildman–Crippen MR) is 115 cm³/mol. The number of hydrogen-bond donors (Lipinski definition) is 2. The molecule has 0 aromatic heterocycles. The molecule has 2 aliphatic rings. The summed E-state index contributed by atoms with van der Waals surface area (Å²) in [5, 5.41) is 6.93. The summed E-state index contributed by atoms with van der Waals surface area (Å²) in [5.74, 6) is 1.90. The molecule has 7 heteroatoms. The summed E-state index contributed by atoms with van der Waals surface area (Å²) < 4.78 is 0. The topological polar surface area (TPSA) is 60.0 Å². The number of guanidine groups is 1. The molecule has 0 aromatic carbocycles. The lowest BCUT2D eigenvalue weighted by Gasteiger charge is -2.35. The van der Waals surface area contributed by atoms with Gasteiger partial charge < -0.3 is 15.5 Å². The standard InChI is InChI=1S/C18H35N5O.HI/c1-5-17(24)23-10-8-16(13-23)21-18(19-4)20-11-15(3)22-9-6-7-14(2)12-22;/h14-16H,5-13H2,1-4H3,(H2,19,20,21);1H. The van der Waals surface area contributed by atoms with Crippen molar-refractivity contribution in [3.05, 3.63) is 0 Å². The van der Waals surface area contributed by atoms with Crippen molar-refractivity contribution < 1.29 is 4.79 Å². The number of piperidine rings is 1. The molecule has 2 heterocycles. The van der Waals surface area contributed by atoms with Gasteiger partial charge in [-0.1, -0.05) is 13.8 Å². The number of carbonyl (C=O) groups excluding carboxylic acids is 1. The maximum Gasteiger partial charge on any atom is 0.222 e. The van der Waals surface area contributed by atoms with E-state index < -0.39 is 0 Å². The molecule has 2 N–H and O–H groups in total. The fourth-order valence-corrected chi connectivity index (χ4v) is 3.72. The lowest BCUT2D eigenvalue weighted by Crippen LogP contribution is -2.50. The van der Waals surface area contributed by atoms with Gasteiger partial charge in [0.15, 0.2) is 5.96 Å². The average molecular weight is 465 g/mol. The Hall–Kier alpha value is -0.570. The Morgan fingerprint density at radius 1 is 1.28 bits per heavy atom. The van der Waals surface area contributed by atoms with Crippen molar-refractivity contribution in [1.82, 2.24) is 20.4 Å². The van der Waals surface area contributed by atoms with Gasteiger partial charge in [-0.25, -0.2) is 0 Å². The number of rotatable bonds is 5. The summed E-state index contributed by atoms with van der Waals surface area (Å²) in [6.45, 7) is 11.5. The molecule has 2 aliphatic heterocycles. The molecule has 0 bridgehead atoms. The van der Waals surface area contributed by atoms with Crippen LogP contribution in [0.1, 0.15) is 46.5 Å². The van der Waals surface area contributed by atoms with Crippen molar-refractivity contribution in [3.8, 4) is 0 Å². The lowest BCUT2D eigenvalue weighted by atomic mass is 9.99. The van der Waals surface area contributed by atoms with Crippen LogP contribution in [-0.4, -0.2) is 73.5 Å². The SMILES string of the molecule is CCC(=O)N1CCC(NC(=NC)NCC(C)N2CCCC(C)C2)C1.I. The molecule has 25 heavy (non-hydrogen) atoms. The Morgan fingerprint density at radius 2 is 2.04 bits per heavy atom. The van der Waals surface area contributed by atoms with Crippen LogP contribution in [0.2, 0.25) is 0 Å². The van der Waals surface area contributed by atoms with Gasteiger partial charge in [0.05, 0.1) is 0 Å². The van der Waals surface area contributed by atoms with E-state index in [1.165, 1.54) is 25.9 Å². The van der Waals surface area contributed by atoms with Crippen LogP contribution in [0.3, 0.4) is 0 Å². The molecule has 0 radical (unpaired) electrons. The van der Waals surface area contributed by atoms with E-state index in [1.54, 1.807) is 0 Å². The molecule has 3 unspecified atom stereocenters. The molecule has 2 saturated heterocycles. The van der Waals surface area contributed by atoms with Crippen molar-refractivity contribution >= 4 is 35.8 Å². The molecular formula is C18H36IN5O. The van der Waals surface area contributed by atoms with Crippen molar-refractivity contribution in [2.75, 3.05) is 39.8 Å². The van der Waals surface area contributed by atoms with Crippen molar-refractivity contribution in [1.29, 1.82) is 0 Å². The molecule has 6 nitrogen and oxygen atoms in total. The van der Waals surface area contributed by atoms with Crippen LogP contribution in [0.4, 0.5) is 0 Å². The first-order chi connectivity index (χ1) is 11.5. The highest BCUT2D eigenvalue weighted by Crippen LogP contribution is 2.17. The second kappa shape index (κ2) is 11.2. The number of aliphatic imine (C=N–C) groups is 1. The summed E-state index contributed by atoms with van der Waals surface area (Å²) >= 11 is 0. The molecule has 0 aliphatic carbocycles. The van der Waals surface area contributed by atoms with E-state index in [4.69, 9.17) is 0 Å². The van der Waals surface area contributed by atoms with Gasteiger partial charge in [-0.15, -0.1) is 24.0 Å². The van der Waals surface area contributed by atoms with Crippen LogP contribution in [-0.2, 0) is 4.79 Å². The maximum atomic E-state index is 11.8. The van der Waals surface area contributed by atoms with Crippen LogP contribution >= 0.6 is 24.0 Å². The van der Waals surface area contributed by atoms with E-state index in [-0.39, 0.29) is 29.9 Å². The second-order valence-corrected chi connectivity index (χ2v) is 7.37. The van der Waals surface area contributed by atoms with E-state index in [0.717, 1.165) is 37.9 Å². The van der Waals surface area contributed by atoms with Gasteiger partial charge in [-0.3, -0.25) is 14.7 Å². The van der Waals surface area contributed by atoms with E-state index >= 15 is 0 Å². The zero-order chi connectivity index (χ0) is 17.5. The van der Waals surface area contributed by atoms with Gasteiger partial charge in [0.25, 0.3) is 0 Å². The first-order valence-corrected chi connectivity index (χ1v) is 9.52. The predicted octanol–water partition coefficient (Wildman–Crippen LogP) is 1.90. The second-order valence-electron chi connectivity index (χ2n) is 7.37. The normalized spacial score (nSPS) is 26.1. The minimum atomic E-state index is 0. The molecule has 3 atom stereocenters. The van der Waals surface area contributed by atoms with Gasteiger partial charge >= 0.3 is 0 Å². The highest BCUT2D eigenvalue weighted by atomic mass is 127. The number of hydrogen-bond acceptors (Lipinski definition) is 3. The number of amides is 1. The molecule has 2 fully saturated rings. The minimum Gasteiger partial charge on any atom is -0.355 e. The quantitative estimate of drug-likeness (QED) is 0.370. The average Bonchev–Trinajstić information content (AvgIpc) is 3.06. The number of halogens is 1. The van der Waals surface area contributed by atoms with Gasteiger partial charge in [-0.05, 0) is 38.6 Å². The third-order valence-electron chi connectivity index (χ3n) is 5.28. The van der Waals surface area contributed by atoms with E-state index in [1.807, 2.05) is 18.9 Å². The van der Waals surface area contributed by atoms with Gasteiger partial charge in [0.1, 0.15) is 0 Å². The number of nitrogens with one attached hydrogen (secondary N) is 2. The molecule has 0 saturated carbocycles. The monoisotopic (exact) mass is 465 g/mol. The third-order valence-corrected chi connectivity index (χ3v) is 5.28. The van der Waals surface area contributed by atoms with Crippen molar-refractivity contribution in [2.45, 2.75) is 58.5 Å². The Morgan fingerprint density at radius 3 is 2.68 bits per heavy atom. The molecule has 0 aromatic rings. The van der Waals surface area contributed by atoms with E-state index in [9.17, 15) is 4.79 Å². The lowest BCUT2D eigenvalue weighted by molar-refractivity contribution is -0.129. The van der Waals surface area contributed by atoms with Crippen LogP contribution in [0.5, 0.6) is 0 Å². The molecule has 1 amide bonds. The van der Waals surface area contributed by atoms with Gasteiger partial charge in [0, 0.05) is 51.7 Å².